The summed E-state index contributed by atoms with van der Waals surface area (Å²) in [5.74, 6) is -8.27. The number of carbonyl (C=O) groups excluding carboxylic acids is 18. The van der Waals surface area contributed by atoms with Crippen molar-refractivity contribution in [3.05, 3.63) is 48.0 Å². The molecule has 0 radical (unpaired) electrons. The topological polar surface area (TPSA) is 544 Å². The number of primary amides is 2. The van der Waals surface area contributed by atoms with E-state index in [1.807, 2.05) is 197 Å². The molecule has 5 saturated carbocycles. The molecule has 16 N–H and O–H groups in total. The van der Waals surface area contributed by atoms with Crippen molar-refractivity contribution in [2.24, 2.45) is 109 Å². The predicted molar refractivity (Wildman–Crippen MR) is 532 cm³/mol. The largest absolute Gasteiger partial charge is 0.447 e. The van der Waals surface area contributed by atoms with Crippen molar-refractivity contribution < 1.29 is 101 Å². The molecule has 39 heteroatoms. The summed E-state index contributed by atoms with van der Waals surface area (Å²) in [6.07, 6.45) is 5.96. The summed E-state index contributed by atoms with van der Waals surface area (Å²) >= 11 is 0. The van der Waals surface area contributed by atoms with E-state index in [9.17, 15) is 86.3 Å². The molecule has 794 valence electrons. The number of nitrogens with zero attached hydrogens (tertiary/aromatic N) is 4. The van der Waals surface area contributed by atoms with Crippen LogP contribution in [0.25, 0.3) is 0 Å². The van der Waals surface area contributed by atoms with Crippen molar-refractivity contribution in [1.29, 1.82) is 0 Å². The molecule has 6 aliphatic carbocycles. The fraction of sp³-hybridized carbons (Fsp3) is 0.748. The van der Waals surface area contributed by atoms with Crippen LogP contribution in [-0.4, -0.2) is 270 Å². The van der Waals surface area contributed by atoms with E-state index in [4.69, 9.17) is 25.7 Å². The molecule has 3 saturated heterocycles. The number of urea groups is 3. The second-order valence-electron chi connectivity index (χ2n) is 49.3. The van der Waals surface area contributed by atoms with Gasteiger partial charge in [0.05, 0.1) is 36.3 Å². The molecule has 1 aromatic rings. The van der Waals surface area contributed by atoms with Gasteiger partial charge in [-0.15, -0.1) is 6.58 Å². The number of benzene rings is 1. The molecule has 18 atom stereocenters. The van der Waals surface area contributed by atoms with Crippen LogP contribution in [0.15, 0.2) is 36.9 Å². The van der Waals surface area contributed by atoms with Gasteiger partial charge < -0.3 is 109 Å². The van der Waals surface area contributed by atoms with Gasteiger partial charge in [0, 0.05) is 51.4 Å². The fourth-order valence-corrected chi connectivity index (χ4v) is 20.1. The van der Waals surface area contributed by atoms with Crippen molar-refractivity contribution in [3.63, 3.8) is 0 Å². The minimum Gasteiger partial charge on any atom is -0.447 e. The van der Waals surface area contributed by atoms with Gasteiger partial charge >= 0.3 is 36.4 Å². The maximum atomic E-state index is 14.7. The number of hydrogen-bond acceptors (Lipinski definition) is 21. The van der Waals surface area contributed by atoms with Crippen molar-refractivity contribution in [3.8, 4) is 0 Å². The fourth-order valence-electron chi connectivity index (χ4n) is 20.1. The summed E-state index contributed by atoms with van der Waals surface area (Å²) in [6.45, 7) is 55.7. The lowest BCUT2D eigenvalue weighted by atomic mass is 9.85. The van der Waals surface area contributed by atoms with Gasteiger partial charge in [-0.2, -0.15) is 0 Å². The Morgan fingerprint density at radius 1 is 0.465 bits per heavy atom. The molecule has 8 fully saturated rings. The first-order valence-corrected chi connectivity index (χ1v) is 50.2. The third-order valence-corrected chi connectivity index (χ3v) is 29.6. The highest BCUT2D eigenvalue weighted by Gasteiger charge is 2.73. The first-order valence-electron chi connectivity index (χ1n) is 50.2. The normalized spacial score (nSPS) is 23.3. The van der Waals surface area contributed by atoms with Crippen molar-refractivity contribution in [1.82, 2.24) is 83.4 Å². The van der Waals surface area contributed by atoms with Gasteiger partial charge in [-0.05, 0) is 182 Å². The average molecular weight is 1990 g/mol. The van der Waals surface area contributed by atoms with Crippen molar-refractivity contribution in [2.75, 3.05) is 60.1 Å². The van der Waals surface area contributed by atoms with Gasteiger partial charge in [0.15, 0.2) is 0 Å². The lowest BCUT2D eigenvalue weighted by molar-refractivity contribution is -0.145. The van der Waals surface area contributed by atoms with Crippen LogP contribution in [0.2, 0.25) is 0 Å². The number of nitrogens with two attached hydrogens (primary N) is 2. The van der Waals surface area contributed by atoms with Crippen LogP contribution in [-0.2, 0) is 84.6 Å². The predicted octanol–water partition coefficient (Wildman–Crippen LogP) is 7.36. The Morgan fingerprint density at radius 3 is 1.14 bits per heavy atom. The third kappa shape index (κ3) is 30.2. The van der Waals surface area contributed by atoms with Gasteiger partial charge in [-0.3, -0.25) is 57.5 Å². The van der Waals surface area contributed by atoms with Gasteiger partial charge in [-0.1, -0.05) is 208 Å². The molecule has 3 unspecified atom stereocenters. The number of rotatable bonds is 37. The number of Topliss-reactive ketones (excluding diaryl/α,β-unsaturated/α-hetero) is 3. The smallest absolute Gasteiger partial charge is 0.409 e. The summed E-state index contributed by atoms with van der Waals surface area (Å²) in [6, 6.07) is -4.31. The summed E-state index contributed by atoms with van der Waals surface area (Å²) < 4.78 is 16.2. The molecule has 10 rings (SSSR count). The lowest BCUT2D eigenvalue weighted by Gasteiger charge is -2.38. The summed E-state index contributed by atoms with van der Waals surface area (Å²) in [4.78, 5) is 242. The Labute approximate surface area is 838 Å². The lowest BCUT2D eigenvalue weighted by Crippen LogP contribution is -2.62. The molecule has 0 bridgehead atoms. The van der Waals surface area contributed by atoms with E-state index < -0.39 is 206 Å². The Morgan fingerprint density at radius 2 is 0.817 bits per heavy atom. The van der Waals surface area contributed by atoms with Gasteiger partial charge in [0.25, 0.3) is 17.7 Å². The van der Waals surface area contributed by atoms with Crippen LogP contribution in [0.3, 0.4) is 0 Å². The third-order valence-electron chi connectivity index (χ3n) is 29.6. The van der Waals surface area contributed by atoms with Crippen molar-refractivity contribution >= 4 is 107 Å². The Hall–Kier alpha value is -11.2. The van der Waals surface area contributed by atoms with Crippen LogP contribution in [0.5, 0.6) is 0 Å². The Kier molecular flexibility index (Phi) is 37.1. The number of carbonyl (C=O) groups is 18. The molecule has 0 aromatic heterocycles. The first kappa shape index (κ1) is 116. The molecular formula is C103H166N18O21. The number of ether oxygens (including phenoxy) is 3. The average Bonchev–Trinajstić information content (AvgIpc) is 1.53. The highest BCUT2D eigenvalue weighted by molar-refractivity contribution is 6.39. The molecule has 1 aromatic carbocycles. The zero-order chi connectivity index (χ0) is 107. The van der Waals surface area contributed by atoms with E-state index in [0.29, 0.717) is 51.7 Å². The molecule has 18 amide bonds. The number of hydrogen-bond donors (Lipinski definition) is 14. The number of fused-ring (bicyclic) bond motifs is 4. The quantitative estimate of drug-likeness (QED) is 0.0176. The number of amides is 18. The van der Waals surface area contributed by atoms with Gasteiger partial charge in [-0.25, -0.2) is 28.8 Å². The maximum Gasteiger partial charge on any atom is 0.409 e. The molecular weight excluding hydrogens is 1830 g/mol. The van der Waals surface area contributed by atoms with E-state index in [1.54, 1.807) is 19.0 Å². The van der Waals surface area contributed by atoms with Crippen LogP contribution in [0.1, 0.15) is 249 Å². The van der Waals surface area contributed by atoms with E-state index in [1.165, 1.54) is 20.8 Å². The second-order valence-corrected chi connectivity index (χ2v) is 49.3. The van der Waals surface area contributed by atoms with E-state index in [0.717, 1.165) is 36.8 Å². The highest BCUT2D eigenvalue weighted by Crippen LogP contribution is 2.67. The molecule has 9 aliphatic rings. The molecule has 0 spiro atoms. The zero-order valence-electron chi connectivity index (χ0n) is 89.3. The summed E-state index contributed by atoms with van der Waals surface area (Å²) in [5.41, 5.74) is 8.79. The van der Waals surface area contributed by atoms with Crippen LogP contribution in [0.4, 0.5) is 28.8 Å². The summed E-state index contributed by atoms with van der Waals surface area (Å²) in [5, 5.41) is 33.5. The Balaban J connectivity index is 0.000000261. The zero-order valence-corrected chi connectivity index (χ0v) is 89.3. The number of likely N-dealkylation sites (tertiary alicyclic amines) is 3. The maximum absolute atomic E-state index is 14.7. The van der Waals surface area contributed by atoms with Crippen LogP contribution < -0.4 is 75.3 Å². The molecule has 3 aliphatic heterocycles. The molecule has 142 heavy (non-hydrogen) atoms. The SMILES string of the molecule is C=CCNC(=O)C(=O)C(CCC)NC(=O)[C@@H]1[C@@H]2[C@H](CN1C(=O)[C@@H](NC(=O)N[C@H](COC(=O)NC(C)(C)C)C(C)(C)C)C(C)(C)C)C2(C)C.CC(C)[C@@H](COC(=O)NC(C)(C)C)NC(=O)N[C@H](C(=O)N1C[C@H]2[C@@H]([C@H]1C(=O)NC(CC1CC1)C(=O)C(N)=O)C2(C)C)C1Cc2ccccc2C1.CN(C)C(=O)OC[C@@H](NC(=O)N[C@H](C(=O)N1C[C@H]2[C@@H]([C@H]1C(=O)NC(CC1CC1)C(=O)C(N)=O)C2(C)C)C(C)(C)C)C(C)(C)C. The standard InChI is InChI=1S/C37H54N6O7.C35H60N6O7.C31H52N6O7/c1-19(2)26(18-50-35(49)42-36(3,4)5)40-34(48)41-28(23-15-21-10-8-9-11-22(21)16-23)33(47)43-17-24-27(37(24,6)7)29(43)32(46)39-25(14-20-12-13-20)30(44)31(38)45;1-14-16-21(25(42)28(44)36-17-15-2)37-27(43)24-23-20(35(23,12)13)18-41(24)29(45)26(33(6,7)8)39-30(46)38-22(32(3,4)5)19-48-31(47)40-34(9,10)11;1-29(2,3)19(15-44-28(43)36(9)10)34-27(42)35-23(30(4,5)6)26(41)37-14-17-20(31(17,7)8)21(37)25(40)33-18(13-16-11-12-16)22(38)24(32)39/h8-11,19-20,23-29H,12-18H2,1-7H3,(H2,38,45)(H,39,46)(H,42,49)(H2,40,41,48);15,20-24,26H,2,14,16-19H2,1,3-13H3,(H,36,44)(H,37,43)(H,40,47)(H2,38,39,46);16-21,23H,11-15H2,1-10H3,(H2,32,39)(H,33,40)(H2,34,35,42)/t24-,25?,26+,27-,28-,29-;20-,21?,22+,23-,24-,26+;17-,18?,19+,20-,21-,23+/m000/s1. The monoisotopic (exact) mass is 1990 g/mol. The van der Waals surface area contributed by atoms with E-state index in [2.05, 4.69) is 84.2 Å². The second kappa shape index (κ2) is 45.4. The Bertz CT molecular complexity index is 4840. The number of ketones is 3. The molecule has 3 heterocycles. The number of nitrogens with one attached hydrogen (secondary N) is 12. The van der Waals surface area contributed by atoms with E-state index >= 15 is 0 Å². The van der Waals surface area contributed by atoms with Gasteiger partial charge in [0.1, 0.15) is 56.1 Å². The van der Waals surface area contributed by atoms with Crippen LogP contribution >= 0.6 is 0 Å². The van der Waals surface area contributed by atoms with Crippen molar-refractivity contribution in [2.45, 2.75) is 335 Å². The minimum atomic E-state index is -1.10. The van der Waals surface area contributed by atoms with E-state index in [-0.39, 0.29) is 114 Å². The first-order chi connectivity index (χ1) is 65.3. The molecule has 39 nitrogen and oxygen atoms in total. The van der Waals surface area contributed by atoms with Crippen LogP contribution in [0, 0.1) is 97.1 Å². The number of alkyl carbamates (subject to hydrolysis) is 2. The summed E-state index contributed by atoms with van der Waals surface area (Å²) in [7, 11) is 3.13. The highest BCUT2D eigenvalue weighted by atomic mass is 16.6. The number of piperidine rings is 3. The van der Waals surface area contributed by atoms with Gasteiger partial charge in [0.2, 0.25) is 52.8 Å². The minimum absolute atomic E-state index is 0.0597.